The van der Waals surface area contributed by atoms with Gasteiger partial charge in [0.05, 0.1) is 12.8 Å². The number of benzene rings is 1. The van der Waals surface area contributed by atoms with E-state index in [0.29, 0.717) is 5.92 Å². The molecule has 0 amide bonds. The zero-order valence-corrected chi connectivity index (χ0v) is 12.9. The lowest BCUT2D eigenvalue weighted by Gasteiger charge is -2.23. The Bertz CT molecular complexity index is 388. The Hall–Kier alpha value is -1.22. The van der Waals surface area contributed by atoms with E-state index >= 15 is 0 Å². The lowest BCUT2D eigenvalue weighted by molar-refractivity contribution is 0.414. The molecular weight excluding hydrogens is 236 g/mol. The van der Waals surface area contributed by atoms with Gasteiger partial charge in [-0.3, -0.25) is 0 Å². The standard InChI is InChI=1S/C16H28N2O/c1-12(2)14-8-9-16(19-5)15(11-14)18(4)10-6-7-13(3)17/h8-9,11-13H,6-7,10,17H2,1-5H3. The molecule has 0 saturated heterocycles. The van der Waals surface area contributed by atoms with Crippen molar-refractivity contribution in [1.82, 2.24) is 0 Å². The van der Waals surface area contributed by atoms with Crippen LogP contribution in [0.15, 0.2) is 18.2 Å². The molecule has 0 aliphatic rings. The zero-order valence-electron chi connectivity index (χ0n) is 12.9. The predicted octanol–water partition coefficient (Wildman–Crippen LogP) is 3.38. The normalized spacial score (nSPS) is 12.6. The van der Waals surface area contributed by atoms with Gasteiger partial charge in [-0.1, -0.05) is 19.9 Å². The molecular formula is C16H28N2O. The third-order valence-corrected chi connectivity index (χ3v) is 3.43. The number of ether oxygens (including phenoxy) is 1. The van der Waals surface area contributed by atoms with Crippen molar-refractivity contribution >= 4 is 5.69 Å². The van der Waals surface area contributed by atoms with Crippen LogP contribution in [0.5, 0.6) is 5.75 Å². The fraction of sp³-hybridized carbons (Fsp3) is 0.625. The van der Waals surface area contributed by atoms with Crippen LogP contribution in [0, 0.1) is 0 Å². The first kappa shape index (κ1) is 15.8. The van der Waals surface area contributed by atoms with Crippen molar-refractivity contribution in [3.8, 4) is 5.75 Å². The van der Waals surface area contributed by atoms with E-state index in [9.17, 15) is 0 Å². The summed E-state index contributed by atoms with van der Waals surface area (Å²) in [5, 5.41) is 0. The summed E-state index contributed by atoms with van der Waals surface area (Å²) >= 11 is 0. The topological polar surface area (TPSA) is 38.5 Å². The van der Waals surface area contributed by atoms with Gasteiger partial charge in [-0.05, 0) is 43.4 Å². The summed E-state index contributed by atoms with van der Waals surface area (Å²) < 4.78 is 5.46. The van der Waals surface area contributed by atoms with Gasteiger partial charge < -0.3 is 15.4 Å². The molecule has 1 aromatic rings. The van der Waals surface area contributed by atoms with E-state index in [2.05, 4.69) is 50.9 Å². The molecule has 108 valence electrons. The van der Waals surface area contributed by atoms with Crippen LogP contribution in [0.4, 0.5) is 5.69 Å². The number of anilines is 1. The van der Waals surface area contributed by atoms with Gasteiger partial charge in [-0.15, -0.1) is 0 Å². The molecule has 0 aliphatic carbocycles. The Kier molecular flexibility index (Phi) is 6.16. The van der Waals surface area contributed by atoms with E-state index in [4.69, 9.17) is 10.5 Å². The van der Waals surface area contributed by atoms with Crippen LogP contribution in [0.2, 0.25) is 0 Å². The number of methoxy groups -OCH3 is 1. The number of hydrogen-bond donors (Lipinski definition) is 1. The molecule has 1 unspecified atom stereocenters. The molecule has 0 bridgehead atoms. The minimum Gasteiger partial charge on any atom is -0.495 e. The van der Waals surface area contributed by atoms with Gasteiger partial charge in [0.2, 0.25) is 0 Å². The van der Waals surface area contributed by atoms with Crippen molar-refractivity contribution in [1.29, 1.82) is 0 Å². The number of rotatable bonds is 7. The van der Waals surface area contributed by atoms with E-state index in [1.54, 1.807) is 7.11 Å². The van der Waals surface area contributed by atoms with Crippen molar-refractivity contribution in [2.24, 2.45) is 5.73 Å². The highest BCUT2D eigenvalue weighted by Crippen LogP contribution is 2.31. The van der Waals surface area contributed by atoms with Crippen LogP contribution in [0.3, 0.4) is 0 Å². The molecule has 0 radical (unpaired) electrons. The summed E-state index contributed by atoms with van der Waals surface area (Å²) in [7, 11) is 3.84. The maximum Gasteiger partial charge on any atom is 0.142 e. The highest BCUT2D eigenvalue weighted by molar-refractivity contribution is 5.60. The molecule has 19 heavy (non-hydrogen) atoms. The molecule has 1 rings (SSSR count). The van der Waals surface area contributed by atoms with Crippen LogP contribution >= 0.6 is 0 Å². The van der Waals surface area contributed by atoms with Crippen LogP contribution in [-0.2, 0) is 0 Å². The quantitative estimate of drug-likeness (QED) is 0.820. The first-order valence-electron chi connectivity index (χ1n) is 7.10. The van der Waals surface area contributed by atoms with Gasteiger partial charge >= 0.3 is 0 Å². The number of nitrogens with zero attached hydrogens (tertiary/aromatic N) is 1. The smallest absolute Gasteiger partial charge is 0.142 e. The molecule has 0 heterocycles. The molecule has 1 aromatic carbocycles. The fourth-order valence-corrected chi connectivity index (χ4v) is 2.14. The molecule has 0 aliphatic heterocycles. The Labute approximate surface area is 117 Å². The third kappa shape index (κ3) is 4.75. The van der Waals surface area contributed by atoms with Gasteiger partial charge in [-0.25, -0.2) is 0 Å². The predicted molar refractivity (Wildman–Crippen MR) is 83.2 cm³/mol. The maximum atomic E-state index is 5.79. The van der Waals surface area contributed by atoms with Crippen LogP contribution in [0.25, 0.3) is 0 Å². The molecule has 1 atom stereocenters. The molecule has 2 N–H and O–H groups in total. The molecule has 3 nitrogen and oxygen atoms in total. The van der Waals surface area contributed by atoms with Gasteiger partial charge in [-0.2, -0.15) is 0 Å². The van der Waals surface area contributed by atoms with Crippen molar-refractivity contribution in [2.75, 3.05) is 25.6 Å². The first-order chi connectivity index (χ1) is 8.95. The Morgan fingerprint density at radius 1 is 1.26 bits per heavy atom. The van der Waals surface area contributed by atoms with Gasteiger partial charge in [0, 0.05) is 19.6 Å². The van der Waals surface area contributed by atoms with Crippen LogP contribution in [0.1, 0.15) is 45.1 Å². The molecule has 0 fully saturated rings. The fourth-order valence-electron chi connectivity index (χ4n) is 2.14. The number of nitrogens with two attached hydrogens (primary N) is 1. The van der Waals surface area contributed by atoms with Crippen molar-refractivity contribution in [2.45, 2.75) is 45.6 Å². The lowest BCUT2D eigenvalue weighted by Crippen LogP contribution is -2.22. The van der Waals surface area contributed by atoms with Crippen LogP contribution in [-0.4, -0.2) is 26.7 Å². The van der Waals surface area contributed by atoms with E-state index in [1.165, 1.54) is 11.3 Å². The minimum atomic E-state index is 0.275. The summed E-state index contributed by atoms with van der Waals surface area (Å²) in [5.41, 5.74) is 8.30. The second-order valence-corrected chi connectivity index (χ2v) is 5.63. The van der Waals surface area contributed by atoms with Gasteiger partial charge in [0.25, 0.3) is 0 Å². The molecule has 3 heteroatoms. The summed E-state index contributed by atoms with van der Waals surface area (Å²) in [4.78, 5) is 2.26. The molecule has 0 saturated carbocycles. The van der Waals surface area contributed by atoms with E-state index in [-0.39, 0.29) is 6.04 Å². The molecule has 0 spiro atoms. The number of hydrogen-bond acceptors (Lipinski definition) is 3. The lowest BCUT2D eigenvalue weighted by atomic mass is 10.0. The van der Waals surface area contributed by atoms with Gasteiger partial charge in [0.15, 0.2) is 0 Å². The summed E-state index contributed by atoms with van der Waals surface area (Å²) in [5.74, 6) is 1.47. The highest BCUT2D eigenvalue weighted by atomic mass is 16.5. The van der Waals surface area contributed by atoms with Crippen molar-refractivity contribution < 1.29 is 4.74 Å². The second-order valence-electron chi connectivity index (χ2n) is 5.63. The summed E-state index contributed by atoms with van der Waals surface area (Å²) in [6, 6.07) is 6.71. The van der Waals surface area contributed by atoms with Gasteiger partial charge in [0.1, 0.15) is 5.75 Å². The SMILES string of the molecule is COc1ccc(C(C)C)cc1N(C)CCCC(C)N. The first-order valence-corrected chi connectivity index (χ1v) is 7.10. The van der Waals surface area contributed by atoms with E-state index < -0.39 is 0 Å². The summed E-state index contributed by atoms with van der Waals surface area (Å²) in [6.07, 6.45) is 2.15. The molecule has 0 aromatic heterocycles. The van der Waals surface area contributed by atoms with E-state index in [0.717, 1.165) is 25.1 Å². The monoisotopic (exact) mass is 264 g/mol. The zero-order chi connectivity index (χ0) is 14.4. The highest BCUT2D eigenvalue weighted by Gasteiger charge is 2.11. The Morgan fingerprint density at radius 2 is 1.95 bits per heavy atom. The average Bonchev–Trinajstić information content (AvgIpc) is 2.37. The second kappa shape index (κ2) is 7.39. The van der Waals surface area contributed by atoms with Crippen molar-refractivity contribution in [3.05, 3.63) is 23.8 Å². The minimum absolute atomic E-state index is 0.275. The Balaban J connectivity index is 2.80. The van der Waals surface area contributed by atoms with Crippen molar-refractivity contribution in [3.63, 3.8) is 0 Å². The van der Waals surface area contributed by atoms with Crippen LogP contribution < -0.4 is 15.4 Å². The maximum absolute atomic E-state index is 5.79. The average molecular weight is 264 g/mol. The Morgan fingerprint density at radius 3 is 2.47 bits per heavy atom. The third-order valence-electron chi connectivity index (χ3n) is 3.43. The largest absolute Gasteiger partial charge is 0.495 e. The van der Waals surface area contributed by atoms with E-state index in [1.807, 2.05) is 0 Å². The summed E-state index contributed by atoms with van der Waals surface area (Å²) in [6.45, 7) is 7.47.